The van der Waals surface area contributed by atoms with E-state index in [4.69, 9.17) is 9.47 Å². The summed E-state index contributed by atoms with van der Waals surface area (Å²) in [6, 6.07) is 6.72. The lowest BCUT2D eigenvalue weighted by molar-refractivity contribution is 0.0529. The van der Waals surface area contributed by atoms with Crippen LogP contribution in [0, 0.1) is 0 Å². The first kappa shape index (κ1) is 11.8. The number of methoxy groups -OCH3 is 1. The van der Waals surface area contributed by atoms with Crippen molar-refractivity contribution in [3.63, 3.8) is 0 Å². The molecule has 1 aliphatic heterocycles. The molecule has 18 heavy (non-hydrogen) atoms. The van der Waals surface area contributed by atoms with Crippen LogP contribution in [0.5, 0.6) is 11.5 Å². The Kier molecular flexibility index (Phi) is 3.14. The van der Waals surface area contributed by atoms with Crippen molar-refractivity contribution < 1.29 is 14.6 Å². The first-order chi connectivity index (χ1) is 8.74. The lowest BCUT2D eigenvalue weighted by Crippen LogP contribution is -2.51. The highest BCUT2D eigenvalue weighted by molar-refractivity contribution is 5.42. The van der Waals surface area contributed by atoms with E-state index in [9.17, 15) is 5.11 Å². The van der Waals surface area contributed by atoms with Gasteiger partial charge in [-0.05, 0) is 43.0 Å². The standard InChI is InChI=1S/C14H19NO3/c1-17-13-2-3-14-9(5-13)4-11(8-18-14)15-10-6-12(16)7-10/h2-3,5,10-12,15-16H,4,6-8H2,1H3. The largest absolute Gasteiger partial charge is 0.497 e. The smallest absolute Gasteiger partial charge is 0.122 e. The van der Waals surface area contributed by atoms with Gasteiger partial charge in [0.15, 0.2) is 0 Å². The fourth-order valence-corrected chi connectivity index (χ4v) is 2.66. The molecule has 1 saturated carbocycles. The van der Waals surface area contributed by atoms with Crippen LogP contribution in [0.15, 0.2) is 18.2 Å². The molecule has 0 bridgehead atoms. The van der Waals surface area contributed by atoms with Crippen molar-refractivity contribution in [3.8, 4) is 11.5 Å². The molecule has 0 amide bonds. The molecular weight excluding hydrogens is 230 g/mol. The lowest BCUT2D eigenvalue weighted by Gasteiger charge is -2.37. The molecule has 2 aliphatic rings. The van der Waals surface area contributed by atoms with Crippen molar-refractivity contribution >= 4 is 0 Å². The number of aliphatic hydroxyl groups excluding tert-OH is 1. The summed E-state index contributed by atoms with van der Waals surface area (Å²) in [4.78, 5) is 0. The molecule has 1 aromatic rings. The second-order valence-electron chi connectivity index (χ2n) is 5.17. The molecule has 1 heterocycles. The second kappa shape index (κ2) is 4.78. The van der Waals surface area contributed by atoms with Crippen LogP contribution in [-0.4, -0.2) is 37.0 Å². The van der Waals surface area contributed by atoms with Crippen LogP contribution in [0.25, 0.3) is 0 Å². The zero-order valence-corrected chi connectivity index (χ0v) is 10.6. The first-order valence-electron chi connectivity index (χ1n) is 6.48. The summed E-state index contributed by atoms with van der Waals surface area (Å²) >= 11 is 0. The molecule has 1 fully saturated rings. The Hall–Kier alpha value is -1.26. The molecule has 2 N–H and O–H groups in total. The van der Waals surface area contributed by atoms with Crippen molar-refractivity contribution in [1.82, 2.24) is 5.32 Å². The van der Waals surface area contributed by atoms with Crippen LogP contribution >= 0.6 is 0 Å². The minimum absolute atomic E-state index is 0.112. The molecule has 98 valence electrons. The van der Waals surface area contributed by atoms with Gasteiger partial charge in [0.2, 0.25) is 0 Å². The normalized spacial score (nSPS) is 30.0. The molecule has 1 aliphatic carbocycles. The van der Waals surface area contributed by atoms with Crippen LogP contribution in [-0.2, 0) is 6.42 Å². The van der Waals surface area contributed by atoms with Gasteiger partial charge in [0.1, 0.15) is 18.1 Å². The molecule has 1 atom stereocenters. The number of hydrogen-bond donors (Lipinski definition) is 2. The van der Waals surface area contributed by atoms with Crippen molar-refractivity contribution in [2.45, 2.75) is 37.5 Å². The van der Waals surface area contributed by atoms with Crippen molar-refractivity contribution in [2.75, 3.05) is 13.7 Å². The quantitative estimate of drug-likeness (QED) is 0.842. The van der Waals surface area contributed by atoms with Crippen LogP contribution in [0.2, 0.25) is 0 Å². The summed E-state index contributed by atoms with van der Waals surface area (Å²) in [6.45, 7) is 0.700. The van der Waals surface area contributed by atoms with Crippen molar-refractivity contribution in [1.29, 1.82) is 0 Å². The van der Waals surface area contributed by atoms with Crippen LogP contribution in [0.4, 0.5) is 0 Å². The lowest BCUT2D eigenvalue weighted by atomic mass is 9.88. The third-order valence-corrected chi connectivity index (χ3v) is 3.76. The maximum Gasteiger partial charge on any atom is 0.122 e. The minimum atomic E-state index is -0.112. The van der Waals surface area contributed by atoms with E-state index in [0.29, 0.717) is 18.7 Å². The minimum Gasteiger partial charge on any atom is -0.497 e. The summed E-state index contributed by atoms with van der Waals surface area (Å²) in [5.74, 6) is 1.83. The summed E-state index contributed by atoms with van der Waals surface area (Å²) in [6.07, 6.45) is 2.57. The van der Waals surface area contributed by atoms with Crippen LogP contribution in [0.1, 0.15) is 18.4 Å². The molecule has 1 aromatic carbocycles. The molecule has 0 spiro atoms. The molecule has 0 aromatic heterocycles. The number of fused-ring (bicyclic) bond motifs is 1. The van der Waals surface area contributed by atoms with Crippen LogP contribution < -0.4 is 14.8 Å². The zero-order valence-electron chi connectivity index (χ0n) is 10.6. The fraction of sp³-hybridized carbons (Fsp3) is 0.571. The van der Waals surface area contributed by atoms with Gasteiger partial charge in [-0.15, -0.1) is 0 Å². The Balaban J connectivity index is 1.64. The van der Waals surface area contributed by atoms with Gasteiger partial charge in [-0.2, -0.15) is 0 Å². The van der Waals surface area contributed by atoms with Crippen molar-refractivity contribution in [2.24, 2.45) is 0 Å². The Bertz CT molecular complexity index is 429. The van der Waals surface area contributed by atoms with Gasteiger partial charge >= 0.3 is 0 Å². The van der Waals surface area contributed by atoms with Gasteiger partial charge in [-0.1, -0.05) is 0 Å². The molecule has 0 saturated heterocycles. The van der Waals surface area contributed by atoms with Gasteiger partial charge in [-0.25, -0.2) is 0 Å². The second-order valence-corrected chi connectivity index (χ2v) is 5.17. The molecule has 0 radical (unpaired) electrons. The van der Waals surface area contributed by atoms with E-state index >= 15 is 0 Å². The highest BCUT2D eigenvalue weighted by Gasteiger charge is 2.30. The average Bonchev–Trinajstić information content (AvgIpc) is 2.36. The van der Waals surface area contributed by atoms with Gasteiger partial charge in [-0.3, -0.25) is 0 Å². The Labute approximate surface area is 107 Å². The Morgan fingerprint density at radius 3 is 2.89 bits per heavy atom. The monoisotopic (exact) mass is 249 g/mol. The highest BCUT2D eigenvalue weighted by atomic mass is 16.5. The van der Waals surface area contributed by atoms with E-state index in [1.807, 2.05) is 18.2 Å². The van der Waals surface area contributed by atoms with E-state index < -0.39 is 0 Å². The number of rotatable bonds is 3. The summed E-state index contributed by atoms with van der Waals surface area (Å²) in [5.41, 5.74) is 1.19. The van der Waals surface area contributed by atoms with E-state index in [1.54, 1.807) is 7.11 Å². The third-order valence-electron chi connectivity index (χ3n) is 3.76. The number of hydrogen-bond acceptors (Lipinski definition) is 4. The molecular formula is C14H19NO3. The summed E-state index contributed by atoms with van der Waals surface area (Å²) in [7, 11) is 1.68. The number of benzene rings is 1. The van der Waals surface area contributed by atoms with E-state index in [0.717, 1.165) is 30.8 Å². The zero-order chi connectivity index (χ0) is 12.5. The fourth-order valence-electron chi connectivity index (χ4n) is 2.66. The molecule has 1 unspecified atom stereocenters. The third kappa shape index (κ3) is 2.31. The van der Waals surface area contributed by atoms with Crippen molar-refractivity contribution in [3.05, 3.63) is 23.8 Å². The van der Waals surface area contributed by atoms with E-state index in [1.165, 1.54) is 5.56 Å². The van der Waals surface area contributed by atoms with Gasteiger partial charge in [0.25, 0.3) is 0 Å². The molecule has 4 nitrogen and oxygen atoms in total. The first-order valence-corrected chi connectivity index (χ1v) is 6.48. The van der Waals surface area contributed by atoms with Gasteiger partial charge in [0, 0.05) is 12.1 Å². The predicted molar refractivity (Wildman–Crippen MR) is 68.1 cm³/mol. The number of nitrogens with one attached hydrogen (secondary N) is 1. The van der Waals surface area contributed by atoms with E-state index in [2.05, 4.69) is 5.32 Å². The van der Waals surface area contributed by atoms with Gasteiger partial charge in [0.05, 0.1) is 13.2 Å². The average molecular weight is 249 g/mol. The van der Waals surface area contributed by atoms with Gasteiger partial charge < -0.3 is 19.9 Å². The SMILES string of the molecule is COc1ccc2c(c1)CC(NC1CC(O)C1)CO2. The van der Waals surface area contributed by atoms with E-state index in [-0.39, 0.29) is 6.10 Å². The Morgan fingerprint density at radius 2 is 2.17 bits per heavy atom. The summed E-state index contributed by atoms with van der Waals surface area (Å²) < 4.78 is 11.0. The van der Waals surface area contributed by atoms with Crippen LogP contribution in [0.3, 0.4) is 0 Å². The highest BCUT2D eigenvalue weighted by Crippen LogP contribution is 2.29. The number of ether oxygens (including phenoxy) is 2. The topological polar surface area (TPSA) is 50.7 Å². The predicted octanol–water partition coefficient (Wildman–Crippen LogP) is 1.11. The maximum atomic E-state index is 9.29. The summed E-state index contributed by atoms with van der Waals surface area (Å²) in [5, 5.41) is 12.8. The molecule has 3 rings (SSSR count). The maximum absolute atomic E-state index is 9.29. The number of aliphatic hydroxyl groups is 1. The molecule has 4 heteroatoms. The Morgan fingerprint density at radius 1 is 1.33 bits per heavy atom.